The minimum atomic E-state index is -0.518. The number of amides is 1. The first kappa shape index (κ1) is 11.7. The Balaban J connectivity index is 2.81. The minimum Gasteiger partial charge on any atom is -0.392 e. The Labute approximate surface area is 89.6 Å². The summed E-state index contributed by atoms with van der Waals surface area (Å²) in [5.41, 5.74) is 1.48. The lowest BCUT2D eigenvalue weighted by molar-refractivity contribution is 0.0702. The van der Waals surface area contributed by atoms with E-state index in [0.717, 1.165) is 5.56 Å². The molecule has 4 nitrogen and oxygen atoms in total. The molecule has 0 aliphatic carbocycles. The van der Waals surface area contributed by atoms with Crippen molar-refractivity contribution in [1.82, 2.24) is 9.88 Å². The van der Waals surface area contributed by atoms with Gasteiger partial charge in [-0.3, -0.25) is 9.78 Å². The molecule has 0 saturated heterocycles. The van der Waals surface area contributed by atoms with Gasteiger partial charge in [0, 0.05) is 26.0 Å². The molecule has 1 heterocycles. The topological polar surface area (TPSA) is 53.4 Å². The Morgan fingerprint density at radius 2 is 2.33 bits per heavy atom. The van der Waals surface area contributed by atoms with Crippen LogP contribution in [0.3, 0.4) is 0 Å². The van der Waals surface area contributed by atoms with Gasteiger partial charge in [0.2, 0.25) is 0 Å². The van der Waals surface area contributed by atoms with Crippen LogP contribution in [0.5, 0.6) is 0 Å². The van der Waals surface area contributed by atoms with Crippen molar-refractivity contribution in [1.29, 1.82) is 0 Å². The van der Waals surface area contributed by atoms with Crippen molar-refractivity contribution in [2.24, 2.45) is 0 Å². The predicted molar refractivity (Wildman–Crippen MR) is 57.6 cm³/mol. The van der Waals surface area contributed by atoms with Crippen LogP contribution < -0.4 is 0 Å². The molecule has 0 spiro atoms. The van der Waals surface area contributed by atoms with Gasteiger partial charge in [-0.2, -0.15) is 0 Å². The van der Waals surface area contributed by atoms with Gasteiger partial charge in [0.15, 0.2) is 0 Å². The molecule has 4 heteroatoms. The maximum Gasteiger partial charge on any atom is 0.255 e. The SMILES string of the molecule is Cc1ccncc1C(=O)N(C)CC(C)O. The highest BCUT2D eigenvalue weighted by Gasteiger charge is 2.15. The number of carbonyl (C=O) groups excluding carboxylic acids is 1. The zero-order valence-corrected chi connectivity index (χ0v) is 9.27. The molecule has 1 atom stereocenters. The minimum absolute atomic E-state index is 0.110. The van der Waals surface area contributed by atoms with Crippen LogP contribution in [0, 0.1) is 6.92 Å². The monoisotopic (exact) mass is 208 g/mol. The Morgan fingerprint density at radius 1 is 1.67 bits per heavy atom. The van der Waals surface area contributed by atoms with Gasteiger partial charge in [-0.25, -0.2) is 0 Å². The van der Waals surface area contributed by atoms with Crippen LogP contribution in [0.1, 0.15) is 22.8 Å². The molecule has 1 aromatic heterocycles. The third kappa shape index (κ3) is 3.02. The number of aliphatic hydroxyl groups is 1. The fourth-order valence-corrected chi connectivity index (χ4v) is 1.37. The average Bonchev–Trinajstić information content (AvgIpc) is 2.16. The molecule has 0 aliphatic heterocycles. The van der Waals surface area contributed by atoms with E-state index in [-0.39, 0.29) is 5.91 Å². The van der Waals surface area contributed by atoms with E-state index >= 15 is 0 Å². The highest BCUT2D eigenvalue weighted by atomic mass is 16.3. The van der Waals surface area contributed by atoms with Crippen LogP contribution in [0.15, 0.2) is 18.5 Å². The highest BCUT2D eigenvalue weighted by Crippen LogP contribution is 2.08. The summed E-state index contributed by atoms with van der Waals surface area (Å²) in [6.45, 7) is 3.85. The molecule has 1 N–H and O–H groups in total. The number of aryl methyl sites for hydroxylation is 1. The number of pyridine rings is 1. The van der Waals surface area contributed by atoms with Crippen molar-refractivity contribution in [2.45, 2.75) is 20.0 Å². The number of hydrogen-bond acceptors (Lipinski definition) is 3. The van der Waals surface area contributed by atoms with Crippen LogP contribution in [-0.4, -0.2) is 40.6 Å². The molecule has 0 fully saturated rings. The van der Waals surface area contributed by atoms with Crippen molar-refractivity contribution in [3.05, 3.63) is 29.6 Å². The van der Waals surface area contributed by atoms with Crippen LogP contribution in [-0.2, 0) is 0 Å². The van der Waals surface area contributed by atoms with E-state index in [9.17, 15) is 9.90 Å². The standard InChI is InChI=1S/C11H16N2O2/c1-8-4-5-12-6-10(8)11(15)13(3)7-9(2)14/h4-6,9,14H,7H2,1-3H3. The summed E-state index contributed by atoms with van der Waals surface area (Å²) in [6.07, 6.45) is 2.69. The van der Waals surface area contributed by atoms with E-state index in [1.807, 2.05) is 6.92 Å². The van der Waals surface area contributed by atoms with Gasteiger partial charge >= 0.3 is 0 Å². The van der Waals surface area contributed by atoms with Crippen molar-refractivity contribution in [2.75, 3.05) is 13.6 Å². The van der Waals surface area contributed by atoms with E-state index in [4.69, 9.17) is 0 Å². The van der Waals surface area contributed by atoms with Gasteiger partial charge in [0.05, 0.1) is 11.7 Å². The maximum atomic E-state index is 11.9. The molecule has 15 heavy (non-hydrogen) atoms. The molecule has 82 valence electrons. The Kier molecular flexibility index (Phi) is 3.80. The molecule has 0 aromatic carbocycles. The highest BCUT2D eigenvalue weighted by molar-refractivity contribution is 5.95. The number of hydrogen-bond donors (Lipinski definition) is 1. The van der Waals surface area contributed by atoms with E-state index in [0.29, 0.717) is 12.1 Å². The predicted octanol–water partition coefficient (Wildman–Crippen LogP) is 0.843. The number of nitrogens with zero attached hydrogens (tertiary/aromatic N) is 2. The number of carbonyl (C=O) groups is 1. The zero-order valence-electron chi connectivity index (χ0n) is 9.27. The molecule has 1 amide bonds. The first-order valence-electron chi connectivity index (χ1n) is 4.86. The maximum absolute atomic E-state index is 11.9. The number of rotatable bonds is 3. The summed E-state index contributed by atoms with van der Waals surface area (Å²) in [5.74, 6) is -0.110. The summed E-state index contributed by atoms with van der Waals surface area (Å²) < 4.78 is 0. The smallest absolute Gasteiger partial charge is 0.255 e. The molecule has 1 aromatic rings. The van der Waals surface area contributed by atoms with Crippen molar-refractivity contribution >= 4 is 5.91 Å². The zero-order chi connectivity index (χ0) is 11.4. The lowest BCUT2D eigenvalue weighted by Crippen LogP contribution is -2.33. The first-order valence-corrected chi connectivity index (χ1v) is 4.86. The Hall–Kier alpha value is -1.42. The second-order valence-corrected chi connectivity index (χ2v) is 3.73. The Morgan fingerprint density at radius 3 is 2.87 bits per heavy atom. The third-order valence-electron chi connectivity index (χ3n) is 2.15. The lowest BCUT2D eigenvalue weighted by atomic mass is 10.1. The van der Waals surface area contributed by atoms with Gasteiger partial charge in [0.1, 0.15) is 0 Å². The second kappa shape index (κ2) is 4.89. The van der Waals surface area contributed by atoms with E-state index in [2.05, 4.69) is 4.98 Å². The van der Waals surface area contributed by atoms with Crippen molar-refractivity contribution < 1.29 is 9.90 Å². The van der Waals surface area contributed by atoms with E-state index in [1.165, 1.54) is 4.90 Å². The molecule has 0 bridgehead atoms. The van der Waals surface area contributed by atoms with Crippen molar-refractivity contribution in [3.8, 4) is 0 Å². The second-order valence-electron chi connectivity index (χ2n) is 3.73. The largest absolute Gasteiger partial charge is 0.392 e. The fraction of sp³-hybridized carbons (Fsp3) is 0.455. The van der Waals surface area contributed by atoms with E-state index in [1.54, 1.807) is 32.4 Å². The average molecular weight is 208 g/mol. The number of aliphatic hydroxyl groups excluding tert-OH is 1. The summed E-state index contributed by atoms with van der Waals surface area (Å²) >= 11 is 0. The molecule has 0 radical (unpaired) electrons. The quantitative estimate of drug-likeness (QED) is 0.801. The summed E-state index contributed by atoms with van der Waals surface area (Å²) in [6, 6.07) is 1.80. The molecule has 0 saturated carbocycles. The van der Waals surface area contributed by atoms with Gasteiger partial charge in [-0.1, -0.05) is 0 Å². The number of aromatic nitrogens is 1. The lowest BCUT2D eigenvalue weighted by Gasteiger charge is -2.19. The molecule has 1 unspecified atom stereocenters. The van der Waals surface area contributed by atoms with Gasteiger partial charge in [-0.15, -0.1) is 0 Å². The van der Waals surface area contributed by atoms with Crippen LogP contribution >= 0.6 is 0 Å². The van der Waals surface area contributed by atoms with Gasteiger partial charge in [-0.05, 0) is 25.5 Å². The van der Waals surface area contributed by atoms with Crippen molar-refractivity contribution in [3.63, 3.8) is 0 Å². The summed E-state index contributed by atoms with van der Waals surface area (Å²) in [7, 11) is 1.67. The van der Waals surface area contributed by atoms with Crippen LogP contribution in [0.2, 0.25) is 0 Å². The molecular weight excluding hydrogens is 192 g/mol. The summed E-state index contributed by atoms with van der Waals surface area (Å²) in [4.78, 5) is 17.3. The van der Waals surface area contributed by atoms with E-state index < -0.39 is 6.10 Å². The Bertz CT molecular complexity index is 350. The molecule has 0 aliphatic rings. The van der Waals surface area contributed by atoms with Gasteiger partial charge < -0.3 is 10.0 Å². The fourth-order valence-electron chi connectivity index (χ4n) is 1.37. The molecular formula is C11H16N2O2. The van der Waals surface area contributed by atoms with Crippen LogP contribution in [0.25, 0.3) is 0 Å². The normalized spacial score (nSPS) is 12.3. The first-order chi connectivity index (χ1) is 7.02. The van der Waals surface area contributed by atoms with Gasteiger partial charge in [0.25, 0.3) is 5.91 Å². The molecule has 1 rings (SSSR count). The summed E-state index contributed by atoms with van der Waals surface area (Å²) in [5, 5.41) is 9.18. The number of likely N-dealkylation sites (N-methyl/N-ethyl adjacent to an activating group) is 1. The third-order valence-corrected chi connectivity index (χ3v) is 2.15. The van der Waals surface area contributed by atoms with Crippen LogP contribution in [0.4, 0.5) is 0 Å².